The molecular weight excluding hydrogens is 295 g/mol. The van der Waals surface area contributed by atoms with Crippen molar-refractivity contribution in [3.05, 3.63) is 35.6 Å². The molecule has 1 aliphatic rings. The summed E-state index contributed by atoms with van der Waals surface area (Å²) in [4.78, 5) is 13.5. The standard InChI is InChI=1S/C14H19FN2O3S/c1-2-21(19,20)16-13-9-14(18)17(10-13)8-7-11-3-5-12(15)6-4-11/h3-6,13,16H,2,7-10H2,1H3/t13-/m1/s1. The summed E-state index contributed by atoms with van der Waals surface area (Å²) in [5.41, 5.74) is 0.946. The molecule has 21 heavy (non-hydrogen) atoms. The second kappa shape index (κ2) is 6.53. The minimum absolute atomic E-state index is 0.00721. The van der Waals surface area contributed by atoms with E-state index in [0.717, 1.165) is 5.56 Å². The van der Waals surface area contributed by atoms with Gasteiger partial charge >= 0.3 is 0 Å². The van der Waals surface area contributed by atoms with Crippen molar-refractivity contribution in [1.82, 2.24) is 9.62 Å². The van der Waals surface area contributed by atoms with Crippen LogP contribution in [0.5, 0.6) is 0 Å². The van der Waals surface area contributed by atoms with E-state index in [9.17, 15) is 17.6 Å². The summed E-state index contributed by atoms with van der Waals surface area (Å²) in [6, 6.07) is 5.80. The van der Waals surface area contributed by atoms with Gasteiger partial charge in [-0.05, 0) is 31.0 Å². The molecule has 1 atom stereocenters. The van der Waals surface area contributed by atoms with Crippen LogP contribution in [0.3, 0.4) is 0 Å². The van der Waals surface area contributed by atoms with Crippen LogP contribution >= 0.6 is 0 Å². The lowest BCUT2D eigenvalue weighted by atomic mass is 10.1. The van der Waals surface area contributed by atoms with Crippen LogP contribution in [0, 0.1) is 5.82 Å². The van der Waals surface area contributed by atoms with Gasteiger partial charge in [-0.3, -0.25) is 4.79 Å². The number of sulfonamides is 1. The zero-order chi connectivity index (χ0) is 15.5. The highest BCUT2D eigenvalue weighted by Gasteiger charge is 2.31. The van der Waals surface area contributed by atoms with Crippen molar-refractivity contribution in [3.63, 3.8) is 0 Å². The maximum absolute atomic E-state index is 12.8. The van der Waals surface area contributed by atoms with Gasteiger partial charge in [0.1, 0.15) is 5.82 Å². The number of hydrogen-bond donors (Lipinski definition) is 1. The molecule has 0 bridgehead atoms. The molecule has 1 saturated heterocycles. The molecule has 0 aromatic heterocycles. The predicted molar refractivity (Wildman–Crippen MR) is 77.7 cm³/mol. The quantitative estimate of drug-likeness (QED) is 0.849. The van der Waals surface area contributed by atoms with E-state index in [0.29, 0.717) is 19.5 Å². The number of hydrogen-bond acceptors (Lipinski definition) is 3. The average molecular weight is 314 g/mol. The van der Waals surface area contributed by atoms with Gasteiger partial charge in [-0.15, -0.1) is 0 Å². The van der Waals surface area contributed by atoms with Gasteiger partial charge in [0.2, 0.25) is 15.9 Å². The van der Waals surface area contributed by atoms with Gasteiger partial charge in [-0.2, -0.15) is 0 Å². The molecule has 0 saturated carbocycles. The number of nitrogens with one attached hydrogen (secondary N) is 1. The minimum Gasteiger partial charge on any atom is -0.341 e. The van der Waals surface area contributed by atoms with Crippen LogP contribution in [0.2, 0.25) is 0 Å². The zero-order valence-electron chi connectivity index (χ0n) is 11.9. The molecule has 0 spiro atoms. The van der Waals surface area contributed by atoms with Crippen molar-refractivity contribution in [2.24, 2.45) is 0 Å². The monoisotopic (exact) mass is 314 g/mol. The number of nitrogens with zero attached hydrogens (tertiary/aromatic N) is 1. The number of rotatable bonds is 6. The lowest BCUT2D eigenvalue weighted by molar-refractivity contribution is -0.127. The summed E-state index contributed by atoms with van der Waals surface area (Å²) in [6.45, 7) is 2.46. The molecule has 1 heterocycles. The van der Waals surface area contributed by atoms with Crippen LogP contribution in [0.15, 0.2) is 24.3 Å². The van der Waals surface area contributed by atoms with E-state index in [1.165, 1.54) is 12.1 Å². The average Bonchev–Trinajstić information content (AvgIpc) is 2.77. The fourth-order valence-electron chi connectivity index (χ4n) is 2.32. The van der Waals surface area contributed by atoms with Gasteiger partial charge in [0.05, 0.1) is 5.75 Å². The second-order valence-corrected chi connectivity index (χ2v) is 7.18. The SMILES string of the molecule is CCS(=O)(=O)N[C@@H]1CC(=O)N(CCc2ccc(F)cc2)C1. The number of likely N-dealkylation sites (tertiary alicyclic amines) is 1. The van der Waals surface area contributed by atoms with E-state index in [4.69, 9.17) is 0 Å². The van der Waals surface area contributed by atoms with Crippen LogP contribution in [0.1, 0.15) is 18.9 Å². The fourth-order valence-corrected chi connectivity index (χ4v) is 3.15. The Kier molecular flexibility index (Phi) is 4.95. The third-order valence-electron chi connectivity index (χ3n) is 3.52. The number of carbonyl (C=O) groups is 1. The van der Waals surface area contributed by atoms with Crippen LogP contribution < -0.4 is 4.72 Å². The molecule has 1 amide bonds. The number of carbonyl (C=O) groups excluding carboxylic acids is 1. The molecule has 2 rings (SSSR count). The first kappa shape index (κ1) is 15.9. The van der Waals surface area contributed by atoms with Gasteiger partial charge in [-0.1, -0.05) is 12.1 Å². The molecule has 1 fully saturated rings. The molecule has 1 aliphatic heterocycles. The second-order valence-electron chi connectivity index (χ2n) is 5.14. The molecule has 0 radical (unpaired) electrons. The van der Waals surface area contributed by atoms with Gasteiger partial charge in [0.15, 0.2) is 0 Å². The van der Waals surface area contributed by atoms with Crippen molar-refractivity contribution in [1.29, 1.82) is 0 Å². The summed E-state index contributed by atoms with van der Waals surface area (Å²) in [5.74, 6) is -0.335. The van der Waals surface area contributed by atoms with Crippen LogP contribution in [0.25, 0.3) is 0 Å². The van der Waals surface area contributed by atoms with E-state index >= 15 is 0 Å². The normalized spacial score (nSPS) is 19.2. The van der Waals surface area contributed by atoms with E-state index in [1.54, 1.807) is 24.0 Å². The Morgan fingerprint density at radius 2 is 2.00 bits per heavy atom. The number of benzene rings is 1. The topological polar surface area (TPSA) is 66.5 Å². The lowest BCUT2D eigenvalue weighted by Crippen LogP contribution is -2.38. The first-order valence-corrected chi connectivity index (χ1v) is 8.57. The molecule has 1 N–H and O–H groups in total. The van der Waals surface area contributed by atoms with E-state index in [-0.39, 0.29) is 29.9 Å². The summed E-state index contributed by atoms with van der Waals surface area (Å²) in [5, 5.41) is 0. The summed E-state index contributed by atoms with van der Waals surface area (Å²) in [6.07, 6.45) is 0.821. The smallest absolute Gasteiger partial charge is 0.224 e. The van der Waals surface area contributed by atoms with Crippen molar-refractivity contribution >= 4 is 15.9 Å². The largest absolute Gasteiger partial charge is 0.341 e. The van der Waals surface area contributed by atoms with Gasteiger partial charge in [0.25, 0.3) is 0 Å². The van der Waals surface area contributed by atoms with Crippen molar-refractivity contribution in [2.45, 2.75) is 25.8 Å². The molecule has 1 aromatic rings. The molecule has 0 unspecified atom stereocenters. The first-order valence-electron chi connectivity index (χ1n) is 6.92. The Bertz CT molecular complexity index is 601. The molecule has 5 nitrogen and oxygen atoms in total. The van der Waals surface area contributed by atoms with E-state index < -0.39 is 10.0 Å². The van der Waals surface area contributed by atoms with E-state index in [1.807, 2.05) is 0 Å². The third kappa shape index (κ3) is 4.50. The van der Waals surface area contributed by atoms with Gasteiger partial charge < -0.3 is 4.90 Å². The van der Waals surface area contributed by atoms with Crippen molar-refractivity contribution in [3.8, 4) is 0 Å². The summed E-state index contributed by atoms with van der Waals surface area (Å²) in [7, 11) is -3.29. The Labute approximate surface area is 124 Å². The minimum atomic E-state index is -3.29. The highest BCUT2D eigenvalue weighted by Crippen LogP contribution is 2.13. The Balaban J connectivity index is 1.87. The summed E-state index contributed by atoms with van der Waals surface area (Å²) >= 11 is 0. The maximum Gasteiger partial charge on any atom is 0.224 e. The zero-order valence-corrected chi connectivity index (χ0v) is 12.7. The summed E-state index contributed by atoms with van der Waals surface area (Å²) < 4.78 is 38.3. The molecule has 7 heteroatoms. The van der Waals surface area contributed by atoms with Crippen LogP contribution in [0.4, 0.5) is 4.39 Å². The molecule has 116 valence electrons. The highest BCUT2D eigenvalue weighted by atomic mass is 32.2. The highest BCUT2D eigenvalue weighted by molar-refractivity contribution is 7.89. The van der Waals surface area contributed by atoms with Crippen LogP contribution in [-0.4, -0.2) is 44.1 Å². The third-order valence-corrected chi connectivity index (χ3v) is 4.98. The number of halogens is 1. The number of amides is 1. The predicted octanol–water partition coefficient (Wildman–Crippen LogP) is 0.908. The Morgan fingerprint density at radius 1 is 1.33 bits per heavy atom. The van der Waals surface area contributed by atoms with Crippen molar-refractivity contribution in [2.75, 3.05) is 18.8 Å². The Morgan fingerprint density at radius 3 is 2.62 bits per heavy atom. The Hall–Kier alpha value is -1.47. The fraction of sp³-hybridized carbons (Fsp3) is 0.500. The maximum atomic E-state index is 12.8. The molecule has 0 aliphatic carbocycles. The first-order chi connectivity index (χ1) is 9.89. The van der Waals surface area contributed by atoms with Gasteiger partial charge in [-0.25, -0.2) is 17.5 Å². The van der Waals surface area contributed by atoms with Crippen molar-refractivity contribution < 1.29 is 17.6 Å². The van der Waals surface area contributed by atoms with E-state index in [2.05, 4.69) is 4.72 Å². The van der Waals surface area contributed by atoms with Crippen LogP contribution in [-0.2, 0) is 21.2 Å². The van der Waals surface area contributed by atoms with Gasteiger partial charge in [0, 0.05) is 25.6 Å². The lowest BCUT2D eigenvalue weighted by Gasteiger charge is -2.17. The molecular formula is C14H19FN2O3S. The molecule has 1 aromatic carbocycles.